The zero-order chi connectivity index (χ0) is 18.0. The maximum absolute atomic E-state index is 14.4. The predicted molar refractivity (Wildman–Crippen MR) is 82.4 cm³/mol. The summed E-state index contributed by atoms with van der Waals surface area (Å²) in [7, 11) is 2.34. The van der Waals surface area contributed by atoms with Gasteiger partial charge in [0.05, 0.1) is 19.8 Å². The van der Waals surface area contributed by atoms with Gasteiger partial charge in [-0.05, 0) is 25.5 Å². The Morgan fingerprint density at radius 1 is 1.12 bits per heavy atom. The number of hydrogen-bond acceptors (Lipinski definition) is 5. The first-order valence-electron chi connectivity index (χ1n) is 7.19. The fourth-order valence-corrected chi connectivity index (χ4v) is 2.94. The third kappa shape index (κ3) is 2.93. The van der Waals surface area contributed by atoms with Gasteiger partial charge < -0.3 is 9.47 Å². The van der Waals surface area contributed by atoms with Gasteiger partial charge in [-0.2, -0.15) is 0 Å². The molecule has 0 bridgehead atoms. The van der Waals surface area contributed by atoms with Gasteiger partial charge in [0, 0.05) is 17.3 Å². The molecule has 0 fully saturated rings. The molecule has 1 heterocycles. The molecule has 5 nitrogen and oxygen atoms in total. The lowest BCUT2D eigenvalue weighted by Gasteiger charge is -2.31. The highest BCUT2D eigenvalue weighted by Crippen LogP contribution is 2.41. The second-order valence-electron chi connectivity index (χ2n) is 5.37. The van der Waals surface area contributed by atoms with Gasteiger partial charge >= 0.3 is 11.9 Å². The van der Waals surface area contributed by atoms with E-state index in [4.69, 9.17) is 9.47 Å². The van der Waals surface area contributed by atoms with Gasteiger partial charge in [0.25, 0.3) is 0 Å². The summed E-state index contributed by atoms with van der Waals surface area (Å²) in [6.45, 7) is 3.12. The van der Waals surface area contributed by atoms with Crippen LogP contribution in [-0.4, -0.2) is 31.9 Å². The van der Waals surface area contributed by atoms with Gasteiger partial charge in [0.2, 0.25) is 0 Å². The normalized spacial score (nSPS) is 20.5. The van der Waals surface area contributed by atoms with Gasteiger partial charge in [0.15, 0.2) is 11.6 Å². The highest BCUT2D eigenvalue weighted by Gasteiger charge is 2.43. The zero-order valence-corrected chi connectivity index (χ0v) is 13.7. The number of carbonyl (C=O) groups excluding carboxylic acids is 2. The first-order valence-corrected chi connectivity index (χ1v) is 7.19. The number of aliphatic imine (C=N–C) groups is 1. The molecule has 1 aliphatic rings. The smallest absolute Gasteiger partial charge is 0.336 e. The Bertz CT molecular complexity index is 755. The quantitative estimate of drug-likeness (QED) is 0.796. The van der Waals surface area contributed by atoms with Crippen molar-refractivity contribution in [2.45, 2.75) is 19.8 Å². The van der Waals surface area contributed by atoms with E-state index in [1.165, 1.54) is 26.4 Å². The van der Waals surface area contributed by atoms with Crippen molar-refractivity contribution in [3.8, 4) is 0 Å². The molecule has 0 N–H and O–H groups in total. The minimum absolute atomic E-state index is 0.00278. The van der Waals surface area contributed by atoms with Crippen LogP contribution in [0, 0.1) is 17.6 Å². The van der Waals surface area contributed by atoms with Crippen molar-refractivity contribution >= 4 is 17.7 Å². The number of nitrogens with zero attached hydrogens (tertiary/aromatic N) is 1. The van der Waals surface area contributed by atoms with E-state index < -0.39 is 35.4 Å². The third-order valence-electron chi connectivity index (χ3n) is 4.01. The zero-order valence-electron chi connectivity index (χ0n) is 13.7. The number of carbonyl (C=O) groups is 2. The van der Waals surface area contributed by atoms with Gasteiger partial charge in [-0.15, -0.1) is 0 Å². The molecule has 0 radical (unpaired) electrons. The van der Waals surface area contributed by atoms with Crippen LogP contribution in [0.25, 0.3) is 0 Å². The maximum atomic E-state index is 14.4. The summed E-state index contributed by atoms with van der Waals surface area (Å²) in [5, 5.41) is 0. The van der Waals surface area contributed by atoms with Crippen molar-refractivity contribution in [1.82, 2.24) is 0 Å². The van der Waals surface area contributed by atoms with Crippen LogP contribution in [0.2, 0.25) is 0 Å². The minimum atomic E-state index is -1.12. The molecule has 1 aromatic rings. The summed E-state index contributed by atoms with van der Waals surface area (Å²) in [4.78, 5) is 28.6. The van der Waals surface area contributed by atoms with Crippen molar-refractivity contribution < 1.29 is 27.8 Å². The summed E-state index contributed by atoms with van der Waals surface area (Å²) < 4.78 is 37.6. The SMILES string of the molecule is COC(=O)C1=C(C)N=C(C)C(C(=O)OC)C1c1cccc(F)c1F. The molecule has 0 saturated carbocycles. The lowest BCUT2D eigenvalue weighted by molar-refractivity contribution is -0.143. The summed E-state index contributed by atoms with van der Waals surface area (Å²) >= 11 is 0. The first kappa shape index (κ1) is 17.8. The highest BCUT2D eigenvalue weighted by molar-refractivity contribution is 6.06. The highest BCUT2D eigenvalue weighted by atomic mass is 19.2. The van der Waals surface area contributed by atoms with E-state index in [2.05, 4.69) is 4.99 Å². The number of benzene rings is 1. The Balaban J connectivity index is 2.75. The Labute approximate surface area is 138 Å². The van der Waals surface area contributed by atoms with Gasteiger partial charge in [-0.25, -0.2) is 13.6 Å². The molecule has 1 aromatic carbocycles. The van der Waals surface area contributed by atoms with Crippen LogP contribution in [0.1, 0.15) is 25.3 Å². The monoisotopic (exact) mass is 337 g/mol. The molecule has 0 aromatic heterocycles. The van der Waals surface area contributed by atoms with Crippen molar-refractivity contribution in [3.63, 3.8) is 0 Å². The van der Waals surface area contributed by atoms with E-state index in [1.807, 2.05) is 0 Å². The van der Waals surface area contributed by atoms with E-state index in [0.29, 0.717) is 5.71 Å². The van der Waals surface area contributed by atoms with Gasteiger partial charge in [0.1, 0.15) is 5.92 Å². The molecule has 7 heteroatoms. The Morgan fingerprint density at radius 3 is 2.38 bits per heavy atom. The summed E-state index contributed by atoms with van der Waals surface area (Å²) in [6.07, 6.45) is 0. The Kier molecular flexibility index (Phi) is 5.11. The third-order valence-corrected chi connectivity index (χ3v) is 4.01. The predicted octanol–water partition coefficient (Wildman–Crippen LogP) is 2.76. The molecule has 24 heavy (non-hydrogen) atoms. The Hall–Kier alpha value is -2.57. The summed E-state index contributed by atoms with van der Waals surface area (Å²) in [5.74, 6) is -5.79. The number of rotatable bonds is 3. The van der Waals surface area contributed by atoms with Crippen LogP contribution in [0.15, 0.2) is 34.5 Å². The van der Waals surface area contributed by atoms with E-state index in [-0.39, 0.29) is 16.8 Å². The summed E-state index contributed by atoms with van der Waals surface area (Å²) in [5.41, 5.74) is 0.510. The van der Waals surface area contributed by atoms with Crippen LogP contribution in [0.3, 0.4) is 0 Å². The minimum Gasteiger partial charge on any atom is -0.468 e. The Morgan fingerprint density at radius 2 is 1.79 bits per heavy atom. The molecule has 1 aliphatic heterocycles. The van der Waals surface area contributed by atoms with Crippen LogP contribution < -0.4 is 0 Å². The van der Waals surface area contributed by atoms with E-state index >= 15 is 0 Å². The van der Waals surface area contributed by atoms with Crippen LogP contribution in [0.4, 0.5) is 8.78 Å². The van der Waals surface area contributed by atoms with Gasteiger partial charge in [-0.3, -0.25) is 9.79 Å². The fraction of sp³-hybridized carbons (Fsp3) is 0.353. The largest absolute Gasteiger partial charge is 0.468 e. The molecule has 0 spiro atoms. The first-order chi connectivity index (χ1) is 11.3. The molecule has 2 atom stereocenters. The van der Waals surface area contributed by atoms with Crippen LogP contribution in [0.5, 0.6) is 0 Å². The average molecular weight is 337 g/mol. The molecular formula is C17H17F2NO4. The van der Waals surface area contributed by atoms with E-state index in [0.717, 1.165) is 6.07 Å². The molecule has 2 rings (SSSR count). The number of halogens is 2. The molecule has 0 saturated heterocycles. The number of hydrogen-bond donors (Lipinski definition) is 0. The number of methoxy groups -OCH3 is 2. The maximum Gasteiger partial charge on any atom is 0.336 e. The van der Waals surface area contributed by atoms with E-state index in [9.17, 15) is 18.4 Å². The average Bonchev–Trinajstić information content (AvgIpc) is 2.55. The van der Waals surface area contributed by atoms with Crippen LogP contribution in [-0.2, 0) is 19.1 Å². The van der Waals surface area contributed by atoms with Crippen molar-refractivity contribution in [3.05, 3.63) is 46.7 Å². The molecule has 2 unspecified atom stereocenters. The second-order valence-corrected chi connectivity index (χ2v) is 5.37. The van der Waals surface area contributed by atoms with Crippen LogP contribution >= 0.6 is 0 Å². The van der Waals surface area contributed by atoms with Gasteiger partial charge in [-0.1, -0.05) is 12.1 Å². The van der Waals surface area contributed by atoms with Crippen molar-refractivity contribution in [2.75, 3.05) is 14.2 Å². The molecule has 128 valence electrons. The standard InChI is InChI=1S/C17H17F2NO4/c1-8-12(16(21)23-3)14(10-6-5-7-11(18)15(10)19)13(9(2)20-8)17(22)24-4/h5-7,12,14H,1-4H3. The lowest BCUT2D eigenvalue weighted by atomic mass is 9.75. The molecule has 0 aliphatic carbocycles. The number of esters is 2. The number of ether oxygens (including phenoxy) is 2. The number of allylic oxidation sites excluding steroid dienone is 1. The van der Waals surface area contributed by atoms with Crippen molar-refractivity contribution in [2.24, 2.45) is 10.9 Å². The lowest BCUT2D eigenvalue weighted by Crippen LogP contribution is -2.36. The summed E-state index contributed by atoms with van der Waals surface area (Å²) in [6, 6.07) is 3.60. The fourth-order valence-electron chi connectivity index (χ4n) is 2.94. The second kappa shape index (κ2) is 6.90. The molecular weight excluding hydrogens is 320 g/mol. The topological polar surface area (TPSA) is 65.0 Å². The molecule has 0 amide bonds. The van der Waals surface area contributed by atoms with E-state index in [1.54, 1.807) is 13.8 Å². The van der Waals surface area contributed by atoms with Crippen molar-refractivity contribution in [1.29, 1.82) is 0 Å².